The highest BCUT2D eigenvalue weighted by molar-refractivity contribution is 5.80. The van der Waals surface area contributed by atoms with Gasteiger partial charge in [-0.05, 0) is 50.8 Å². The summed E-state index contributed by atoms with van der Waals surface area (Å²) in [5, 5.41) is 12.4. The van der Waals surface area contributed by atoms with E-state index in [4.69, 9.17) is 4.99 Å². The first-order valence-corrected chi connectivity index (χ1v) is 12.0. The first kappa shape index (κ1) is 21.7. The number of rotatable bonds is 6. The lowest BCUT2D eigenvalue weighted by molar-refractivity contribution is 0.372. The van der Waals surface area contributed by atoms with Gasteiger partial charge in [0.2, 0.25) is 0 Å². The van der Waals surface area contributed by atoms with Crippen LogP contribution in [-0.4, -0.2) is 64.9 Å². The van der Waals surface area contributed by atoms with Gasteiger partial charge in [0.25, 0.3) is 0 Å². The molecule has 0 bridgehead atoms. The number of nitrogens with zero attached hydrogens (tertiary/aromatic N) is 6. The van der Waals surface area contributed by atoms with Gasteiger partial charge in [-0.3, -0.25) is 4.99 Å². The van der Waals surface area contributed by atoms with E-state index in [1.54, 1.807) is 0 Å². The molecule has 7 heteroatoms. The van der Waals surface area contributed by atoms with E-state index in [2.05, 4.69) is 68.0 Å². The number of fused-ring (bicyclic) bond motifs is 1. The van der Waals surface area contributed by atoms with Gasteiger partial charge in [0, 0.05) is 64.3 Å². The SMILES string of the molecule is CCNC(=NCCCc1nnc2n1CCCCC2)N1CCN(c2cccc(C)c2)CC1. The second-order valence-electron chi connectivity index (χ2n) is 8.65. The summed E-state index contributed by atoms with van der Waals surface area (Å²) in [6.07, 6.45) is 6.83. The lowest BCUT2D eigenvalue weighted by Gasteiger charge is -2.37. The van der Waals surface area contributed by atoms with E-state index in [-0.39, 0.29) is 0 Å². The second kappa shape index (κ2) is 10.6. The number of anilines is 1. The van der Waals surface area contributed by atoms with Crippen molar-refractivity contribution in [1.82, 2.24) is 25.0 Å². The summed E-state index contributed by atoms with van der Waals surface area (Å²) >= 11 is 0. The average molecular weight is 424 g/mol. The molecule has 1 N–H and O–H groups in total. The molecular weight excluding hydrogens is 386 g/mol. The summed E-state index contributed by atoms with van der Waals surface area (Å²) < 4.78 is 2.35. The molecule has 2 aromatic rings. The highest BCUT2D eigenvalue weighted by Gasteiger charge is 2.20. The van der Waals surface area contributed by atoms with Crippen LogP contribution in [0.5, 0.6) is 0 Å². The maximum absolute atomic E-state index is 4.93. The molecule has 4 rings (SSSR count). The maximum atomic E-state index is 4.93. The van der Waals surface area contributed by atoms with Crippen LogP contribution in [0.4, 0.5) is 5.69 Å². The molecular formula is C24H37N7. The zero-order valence-corrected chi connectivity index (χ0v) is 19.2. The molecule has 31 heavy (non-hydrogen) atoms. The van der Waals surface area contributed by atoms with Crippen LogP contribution in [-0.2, 0) is 19.4 Å². The van der Waals surface area contributed by atoms with Crippen LogP contribution < -0.4 is 10.2 Å². The van der Waals surface area contributed by atoms with E-state index in [1.807, 2.05) is 0 Å². The van der Waals surface area contributed by atoms with E-state index in [1.165, 1.54) is 36.3 Å². The molecule has 0 amide bonds. The van der Waals surface area contributed by atoms with Crippen molar-refractivity contribution in [3.8, 4) is 0 Å². The van der Waals surface area contributed by atoms with Gasteiger partial charge in [-0.25, -0.2) is 0 Å². The first-order chi connectivity index (χ1) is 15.2. The van der Waals surface area contributed by atoms with Crippen molar-refractivity contribution in [3.63, 3.8) is 0 Å². The maximum Gasteiger partial charge on any atom is 0.194 e. The Labute approximate surface area is 186 Å². The van der Waals surface area contributed by atoms with E-state index in [0.29, 0.717) is 0 Å². The molecule has 1 aromatic heterocycles. The Balaban J connectivity index is 1.29. The molecule has 0 spiro atoms. The Hall–Kier alpha value is -2.57. The summed E-state index contributed by atoms with van der Waals surface area (Å²) in [5.74, 6) is 3.37. The number of piperazine rings is 1. The highest BCUT2D eigenvalue weighted by atomic mass is 15.3. The number of hydrogen-bond acceptors (Lipinski definition) is 4. The Bertz CT molecular complexity index is 865. The number of nitrogens with one attached hydrogen (secondary N) is 1. The fourth-order valence-electron chi connectivity index (χ4n) is 4.58. The average Bonchev–Trinajstić information content (AvgIpc) is 3.01. The number of aliphatic imine (C=N–C) groups is 1. The summed E-state index contributed by atoms with van der Waals surface area (Å²) in [7, 11) is 0. The summed E-state index contributed by atoms with van der Waals surface area (Å²) in [6.45, 7) is 11.1. The van der Waals surface area contributed by atoms with Crippen molar-refractivity contribution in [3.05, 3.63) is 41.5 Å². The van der Waals surface area contributed by atoms with Crippen LogP contribution in [0.3, 0.4) is 0 Å². The number of hydrogen-bond donors (Lipinski definition) is 1. The van der Waals surface area contributed by atoms with Crippen molar-refractivity contribution in [2.75, 3.05) is 44.2 Å². The zero-order chi connectivity index (χ0) is 21.5. The van der Waals surface area contributed by atoms with Crippen LogP contribution in [0.1, 0.15) is 49.8 Å². The van der Waals surface area contributed by atoms with E-state index < -0.39 is 0 Å². The summed E-state index contributed by atoms with van der Waals surface area (Å²) in [6, 6.07) is 8.80. The number of guanidine groups is 1. The third-order valence-electron chi connectivity index (χ3n) is 6.29. The van der Waals surface area contributed by atoms with Crippen LogP contribution in [0.25, 0.3) is 0 Å². The third kappa shape index (κ3) is 5.57. The standard InChI is InChI=1S/C24H37N7/c1-3-25-24(30-17-15-29(16-18-30)21-10-7-9-20(2)19-21)26-13-8-12-23-28-27-22-11-5-4-6-14-31(22)23/h7,9-10,19H,3-6,8,11-18H2,1-2H3,(H,25,26). The van der Waals surface area contributed by atoms with E-state index >= 15 is 0 Å². The molecule has 0 radical (unpaired) electrons. The molecule has 0 aliphatic carbocycles. The second-order valence-corrected chi connectivity index (χ2v) is 8.65. The van der Waals surface area contributed by atoms with Crippen LogP contribution in [0.15, 0.2) is 29.3 Å². The number of aromatic nitrogens is 3. The fraction of sp³-hybridized carbons (Fsp3) is 0.625. The van der Waals surface area contributed by atoms with Crippen molar-refractivity contribution < 1.29 is 0 Å². The molecule has 1 aromatic carbocycles. The fourth-order valence-corrected chi connectivity index (χ4v) is 4.58. The molecule has 0 atom stereocenters. The molecule has 7 nitrogen and oxygen atoms in total. The Kier molecular flexibility index (Phi) is 7.43. The van der Waals surface area contributed by atoms with Gasteiger partial charge in [0.1, 0.15) is 11.6 Å². The van der Waals surface area contributed by atoms with Crippen LogP contribution >= 0.6 is 0 Å². The highest BCUT2D eigenvalue weighted by Crippen LogP contribution is 2.18. The minimum Gasteiger partial charge on any atom is -0.368 e. The largest absolute Gasteiger partial charge is 0.368 e. The first-order valence-electron chi connectivity index (χ1n) is 12.0. The van der Waals surface area contributed by atoms with Crippen molar-refractivity contribution in [2.24, 2.45) is 4.99 Å². The number of benzene rings is 1. The van der Waals surface area contributed by atoms with Crippen molar-refractivity contribution in [1.29, 1.82) is 0 Å². The van der Waals surface area contributed by atoms with Crippen molar-refractivity contribution in [2.45, 2.75) is 58.9 Å². The molecule has 0 unspecified atom stereocenters. The van der Waals surface area contributed by atoms with Gasteiger partial charge in [-0.1, -0.05) is 18.6 Å². The lowest BCUT2D eigenvalue weighted by Crippen LogP contribution is -2.52. The molecule has 2 aliphatic rings. The minimum absolute atomic E-state index is 0.822. The third-order valence-corrected chi connectivity index (χ3v) is 6.29. The monoisotopic (exact) mass is 423 g/mol. The Morgan fingerprint density at radius 2 is 1.94 bits per heavy atom. The van der Waals surface area contributed by atoms with Gasteiger partial charge in [0.15, 0.2) is 5.96 Å². The number of aryl methyl sites for hydroxylation is 3. The molecule has 1 saturated heterocycles. The quantitative estimate of drug-likeness (QED) is 0.440. The van der Waals surface area contributed by atoms with Crippen LogP contribution in [0, 0.1) is 6.92 Å². The molecule has 1 fully saturated rings. The smallest absolute Gasteiger partial charge is 0.194 e. The summed E-state index contributed by atoms with van der Waals surface area (Å²) in [4.78, 5) is 9.81. The van der Waals surface area contributed by atoms with Gasteiger partial charge in [0.05, 0.1) is 0 Å². The van der Waals surface area contributed by atoms with E-state index in [9.17, 15) is 0 Å². The Morgan fingerprint density at radius 3 is 2.74 bits per heavy atom. The van der Waals surface area contributed by atoms with Gasteiger partial charge >= 0.3 is 0 Å². The van der Waals surface area contributed by atoms with Gasteiger partial charge in [-0.2, -0.15) is 0 Å². The van der Waals surface area contributed by atoms with Gasteiger partial charge in [-0.15, -0.1) is 10.2 Å². The van der Waals surface area contributed by atoms with Crippen LogP contribution in [0.2, 0.25) is 0 Å². The molecule has 2 aliphatic heterocycles. The zero-order valence-electron chi connectivity index (χ0n) is 19.2. The minimum atomic E-state index is 0.822. The summed E-state index contributed by atoms with van der Waals surface area (Å²) in [5.41, 5.74) is 2.65. The molecule has 168 valence electrons. The predicted octanol–water partition coefficient (Wildman–Crippen LogP) is 3.03. The Morgan fingerprint density at radius 1 is 1.06 bits per heavy atom. The normalized spacial score (nSPS) is 17.4. The molecule has 0 saturated carbocycles. The molecule has 3 heterocycles. The van der Waals surface area contributed by atoms with Crippen molar-refractivity contribution >= 4 is 11.6 Å². The lowest BCUT2D eigenvalue weighted by atomic mass is 10.2. The topological polar surface area (TPSA) is 61.6 Å². The predicted molar refractivity (Wildman–Crippen MR) is 127 cm³/mol. The van der Waals surface area contributed by atoms with Gasteiger partial charge < -0.3 is 19.7 Å². The van der Waals surface area contributed by atoms with E-state index in [0.717, 1.165) is 76.9 Å².